The van der Waals surface area contributed by atoms with Crippen LogP contribution >= 0.6 is 0 Å². The second kappa shape index (κ2) is 5.66. The molecule has 1 unspecified atom stereocenters. The summed E-state index contributed by atoms with van der Waals surface area (Å²) in [6.45, 7) is 9.01. The Balaban J connectivity index is 1.82. The van der Waals surface area contributed by atoms with Crippen molar-refractivity contribution in [1.82, 2.24) is 10.2 Å². The first-order chi connectivity index (χ1) is 7.40. The van der Waals surface area contributed by atoms with Gasteiger partial charge in [0.05, 0.1) is 0 Å². The number of likely N-dealkylation sites (tertiary alicyclic amines) is 1. The SMILES string of the molecule is C=CC1CCCCN1CC1CCNCC1. The maximum Gasteiger partial charge on any atom is 0.0275 e. The molecule has 0 aliphatic carbocycles. The van der Waals surface area contributed by atoms with Gasteiger partial charge in [0, 0.05) is 12.6 Å². The van der Waals surface area contributed by atoms with Crippen LogP contribution in [0.15, 0.2) is 12.7 Å². The quantitative estimate of drug-likeness (QED) is 0.714. The maximum absolute atomic E-state index is 3.97. The van der Waals surface area contributed by atoms with Crippen LogP contribution in [0.3, 0.4) is 0 Å². The summed E-state index contributed by atoms with van der Waals surface area (Å²) in [5.41, 5.74) is 0. The summed E-state index contributed by atoms with van der Waals surface area (Å²) in [6.07, 6.45) is 8.98. The summed E-state index contributed by atoms with van der Waals surface area (Å²) in [5.74, 6) is 0.923. The third kappa shape index (κ3) is 3.05. The minimum absolute atomic E-state index is 0.661. The zero-order valence-corrected chi connectivity index (χ0v) is 9.75. The predicted molar refractivity (Wildman–Crippen MR) is 65.0 cm³/mol. The Labute approximate surface area is 93.7 Å². The van der Waals surface area contributed by atoms with Crippen LogP contribution in [0.2, 0.25) is 0 Å². The van der Waals surface area contributed by atoms with Gasteiger partial charge in [0.15, 0.2) is 0 Å². The fraction of sp³-hybridized carbons (Fsp3) is 0.846. The average molecular weight is 208 g/mol. The van der Waals surface area contributed by atoms with Crippen LogP contribution in [0, 0.1) is 5.92 Å². The van der Waals surface area contributed by atoms with Crippen molar-refractivity contribution in [2.75, 3.05) is 26.2 Å². The van der Waals surface area contributed by atoms with Gasteiger partial charge < -0.3 is 5.32 Å². The van der Waals surface area contributed by atoms with E-state index in [9.17, 15) is 0 Å². The Morgan fingerprint density at radius 2 is 2.00 bits per heavy atom. The van der Waals surface area contributed by atoms with E-state index in [0.29, 0.717) is 6.04 Å². The summed E-state index contributed by atoms with van der Waals surface area (Å²) in [7, 11) is 0. The van der Waals surface area contributed by atoms with Crippen molar-refractivity contribution >= 4 is 0 Å². The second-order valence-corrected chi connectivity index (χ2v) is 4.99. The minimum atomic E-state index is 0.661. The van der Waals surface area contributed by atoms with Gasteiger partial charge in [-0.25, -0.2) is 0 Å². The van der Waals surface area contributed by atoms with Crippen molar-refractivity contribution in [2.45, 2.75) is 38.1 Å². The molecule has 86 valence electrons. The van der Waals surface area contributed by atoms with E-state index in [-0.39, 0.29) is 0 Å². The fourth-order valence-electron chi connectivity index (χ4n) is 2.91. The summed E-state index contributed by atoms with van der Waals surface area (Å²) < 4.78 is 0. The third-order valence-electron chi connectivity index (χ3n) is 3.89. The first-order valence-electron chi connectivity index (χ1n) is 6.47. The van der Waals surface area contributed by atoms with Crippen LogP contribution in [0.25, 0.3) is 0 Å². The molecule has 1 atom stereocenters. The first kappa shape index (κ1) is 11.2. The molecule has 2 saturated heterocycles. The smallest absolute Gasteiger partial charge is 0.0275 e. The molecule has 2 nitrogen and oxygen atoms in total. The van der Waals surface area contributed by atoms with Crippen molar-refractivity contribution in [3.8, 4) is 0 Å². The number of nitrogens with zero attached hydrogens (tertiary/aromatic N) is 1. The monoisotopic (exact) mass is 208 g/mol. The number of nitrogens with one attached hydrogen (secondary N) is 1. The zero-order valence-electron chi connectivity index (χ0n) is 9.75. The molecule has 1 N–H and O–H groups in total. The Morgan fingerprint density at radius 1 is 1.20 bits per heavy atom. The summed E-state index contributed by atoms with van der Waals surface area (Å²) in [6, 6.07) is 0.661. The Bertz CT molecular complexity index is 197. The molecule has 0 aromatic rings. The van der Waals surface area contributed by atoms with Crippen LogP contribution in [0.5, 0.6) is 0 Å². The molecule has 2 fully saturated rings. The molecule has 0 radical (unpaired) electrons. The first-order valence-corrected chi connectivity index (χ1v) is 6.47. The van der Waals surface area contributed by atoms with Gasteiger partial charge in [0.25, 0.3) is 0 Å². The van der Waals surface area contributed by atoms with Crippen molar-refractivity contribution < 1.29 is 0 Å². The Hall–Kier alpha value is -0.340. The average Bonchev–Trinajstić information content (AvgIpc) is 2.31. The van der Waals surface area contributed by atoms with Crippen LogP contribution in [0.4, 0.5) is 0 Å². The van der Waals surface area contributed by atoms with Crippen molar-refractivity contribution in [3.63, 3.8) is 0 Å². The lowest BCUT2D eigenvalue weighted by Gasteiger charge is -2.37. The standard InChI is InChI=1S/C13H24N2/c1-2-13-5-3-4-10-15(13)11-12-6-8-14-9-7-12/h2,12-14H,1,3-11H2. The topological polar surface area (TPSA) is 15.3 Å². The van der Waals surface area contributed by atoms with Gasteiger partial charge in [-0.3, -0.25) is 4.90 Å². The lowest BCUT2D eigenvalue weighted by molar-refractivity contribution is 0.140. The zero-order chi connectivity index (χ0) is 10.5. The van der Waals surface area contributed by atoms with Crippen molar-refractivity contribution in [2.24, 2.45) is 5.92 Å². The van der Waals surface area contributed by atoms with Crippen molar-refractivity contribution in [1.29, 1.82) is 0 Å². The van der Waals surface area contributed by atoms with E-state index in [1.54, 1.807) is 0 Å². The third-order valence-corrected chi connectivity index (χ3v) is 3.89. The van der Waals surface area contributed by atoms with Gasteiger partial charge in [0.2, 0.25) is 0 Å². The molecular weight excluding hydrogens is 184 g/mol. The highest BCUT2D eigenvalue weighted by Gasteiger charge is 2.23. The lowest BCUT2D eigenvalue weighted by atomic mass is 9.94. The molecule has 2 heteroatoms. The molecule has 0 aromatic carbocycles. The minimum Gasteiger partial charge on any atom is -0.317 e. The molecule has 2 aliphatic heterocycles. The van der Waals surface area contributed by atoms with Crippen LogP contribution in [-0.4, -0.2) is 37.1 Å². The Morgan fingerprint density at radius 3 is 2.73 bits per heavy atom. The highest BCUT2D eigenvalue weighted by atomic mass is 15.2. The van der Waals surface area contributed by atoms with Gasteiger partial charge >= 0.3 is 0 Å². The van der Waals surface area contributed by atoms with E-state index < -0.39 is 0 Å². The number of piperidine rings is 2. The van der Waals surface area contributed by atoms with Gasteiger partial charge in [-0.2, -0.15) is 0 Å². The van der Waals surface area contributed by atoms with Gasteiger partial charge in [0.1, 0.15) is 0 Å². The van der Waals surface area contributed by atoms with Crippen LogP contribution in [-0.2, 0) is 0 Å². The fourth-order valence-corrected chi connectivity index (χ4v) is 2.91. The molecule has 0 aromatic heterocycles. The summed E-state index contributed by atoms with van der Waals surface area (Å²) in [4.78, 5) is 2.66. The highest BCUT2D eigenvalue weighted by molar-refractivity contribution is 4.91. The van der Waals surface area contributed by atoms with Crippen molar-refractivity contribution in [3.05, 3.63) is 12.7 Å². The van der Waals surface area contributed by atoms with E-state index >= 15 is 0 Å². The molecular formula is C13H24N2. The molecule has 15 heavy (non-hydrogen) atoms. The van der Waals surface area contributed by atoms with E-state index in [1.165, 1.54) is 58.3 Å². The molecule has 2 rings (SSSR count). The molecule has 0 bridgehead atoms. The largest absolute Gasteiger partial charge is 0.317 e. The van der Waals surface area contributed by atoms with Crippen LogP contribution < -0.4 is 5.32 Å². The van der Waals surface area contributed by atoms with Gasteiger partial charge in [-0.05, 0) is 51.2 Å². The van der Waals surface area contributed by atoms with Gasteiger partial charge in [-0.15, -0.1) is 6.58 Å². The number of hydrogen-bond acceptors (Lipinski definition) is 2. The lowest BCUT2D eigenvalue weighted by Crippen LogP contribution is -2.43. The number of hydrogen-bond donors (Lipinski definition) is 1. The normalized spacial score (nSPS) is 30.3. The highest BCUT2D eigenvalue weighted by Crippen LogP contribution is 2.21. The van der Waals surface area contributed by atoms with Gasteiger partial charge in [-0.1, -0.05) is 12.5 Å². The van der Waals surface area contributed by atoms with E-state index in [0.717, 1.165) is 5.92 Å². The van der Waals surface area contributed by atoms with E-state index in [1.807, 2.05) is 0 Å². The summed E-state index contributed by atoms with van der Waals surface area (Å²) in [5, 5.41) is 3.44. The predicted octanol–water partition coefficient (Wildman–Crippen LogP) is 2.03. The molecule has 2 aliphatic rings. The second-order valence-electron chi connectivity index (χ2n) is 4.99. The van der Waals surface area contributed by atoms with E-state index in [2.05, 4.69) is 22.9 Å². The molecule has 0 amide bonds. The van der Waals surface area contributed by atoms with E-state index in [4.69, 9.17) is 0 Å². The summed E-state index contributed by atoms with van der Waals surface area (Å²) >= 11 is 0. The maximum atomic E-state index is 3.97. The molecule has 0 saturated carbocycles. The Kier molecular flexibility index (Phi) is 4.21. The molecule has 2 heterocycles. The number of rotatable bonds is 3. The van der Waals surface area contributed by atoms with Crippen LogP contribution in [0.1, 0.15) is 32.1 Å². The molecule has 0 spiro atoms.